The monoisotopic (exact) mass is 478 g/mol. The Morgan fingerprint density at radius 3 is 2.15 bits per heavy atom. The quantitative estimate of drug-likeness (QED) is 0.188. The molecule has 0 saturated carbocycles. The maximum absolute atomic E-state index is 13.9. The highest BCUT2D eigenvalue weighted by molar-refractivity contribution is 5.79. The van der Waals surface area contributed by atoms with Crippen LogP contribution in [0, 0.1) is 36.0 Å². The van der Waals surface area contributed by atoms with Gasteiger partial charge in [-0.1, -0.05) is 6.07 Å². The van der Waals surface area contributed by atoms with E-state index in [-0.39, 0.29) is 28.2 Å². The summed E-state index contributed by atoms with van der Waals surface area (Å²) in [4.78, 5) is 12.9. The minimum Gasteiger partial charge on any atom is -0.497 e. The third-order valence-corrected chi connectivity index (χ3v) is 4.93. The molecule has 1 heterocycles. The summed E-state index contributed by atoms with van der Waals surface area (Å²) in [7, 11) is 1.49. The molecule has 0 N–H and O–H groups in total. The fourth-order valence-electron chi connectivity index (χ4n) is 3.19. The normalized spacial score (nSPS) is 11.0. The van der Waals surface area contributed by atoms with E-state index in [2.05, 4.69) is 0 Å². The molecule has 0 aliphatic rings. The number of hydrogen-bond donors (Lipinski definition) is 0. The first-order valence-electron chi connectivity index (χ1n) is 9.73. The standard InChI is InChI=1S/C24H15F5O5/c1-11-24(34-14-5-3-4-12(8-14)31-2)23(30)15-7-6-13(9-17(15)33-11)32-10-16-18(25)20(27)22(29)21(28)19(16)26/h3-9H,10H2,1-2H3. The van der Waals surface area contributed by atoms with Crippen molar-refractivity contribution in [2.75, 3.05) is 7.11 Å². The zero-order valence-corrected chi connectivity index (χ0v) is 17.7. The Labute approximate surface area is 188 Å². The maximum atomic E-state index is 13.9. The van der Waals surface area contributed by atoms with Crippen LogP contribution in [0.5, 0.6) is 23.0 Å². The highest BCUT2D eigenvalue weighted by Gasteiger charge is 2.26. The van der Waals surface area contributed by atoms with Gasteiger partial charge in [-0.05, 0) is 31.2 Å². The maximum Gasteiger partial charge on any atom is 0.235 e. The van der Waals surface area contributed by atoms with Crippen LogP contribution in [0.25, 0.3) is 11.0 Å². The third kappa shape index (κ3) is 4.14. The lowest BCUT2D eigenvalue weighted by molar-refractivity contribution is 0.279. The van der Waals surface area contributed by atoms with Crippen molar-refractivity contribution >= 4 is 11.0 Å². The number of rotatable bonds is 6. The van der Waals surface area contributed by atoms with Gasteiger partial charge in [-0.15, -0.1) is 0 Å². The van der Waals surface area contributed by atoms with Crippen LogP contribution in [0.1, 0.15) is 11.3 Å². The summed E-state index contributed by atoms with van der Waals surface area (Å²) in [6, 6.07) is 10.5. The molecule has 1 aromatic heterocycles. The molecule has 0 fully saturated rings. The molecule has 0 aliphatic heterocycles. The van der Waals surface area contributed by atoms with Crippen LogP contribution in [0.4, 0.5) is 22.0 Å². The molecule has 5 nitrogen and oxygen atoms in total. The molecule has 0 spiro atoms. The van der Waals surface area contributed by atoms with Gasteiger partial charge in [0.05, 0.1) is 18.1 Å². The summed E-state index contributed by atoms with van der Waals surface area (Å²) in [5, 5.41) is 0.118. The van der Waals surface area contributed by atoms with E-state index >= 15 is 0 Å². The molecule has 4 rings (SSSR count). The van der Waals surface area contributed by atoms with E-state index < -0.39 is 46.7 Å². The second-order valence-corrected chi connectivity index (χ2v) is 7.09. The molecule has 0 bridgehead atoms. The van der Waals surface area contributed by atoms with Crippen molar-refractivity contribution in [1.82, 2.24) is 0 Å². The van der Waals surface area contributed by atoms with Gasteiger partial charge in [0.25, 0.3) is 0 Å². The van der Waals surface area contributed by atoms with Gasteiger partial charge in [0.15, 0.2) is 23.3 Å². The number of benzene rings is 3. The predicted molar refractivity (Wildman–Crippen MR) is 111 cm³/mol. The van der Waals surface area contributed by atoms with Gasteiger partial charge in [-0.3, -0.25) is 4.79 Å². The van der Waals surface area contributed by atoms with Crippen LogP contribution < -0.4 is 19.6 Å². The predicted octanol–water partition coefficient (Wildman–Crippen LogP) is 6.18. The zero-order chi connectivity index (χ0) is 24.6. The Bertz CT molecular complexity index is 1440. The van der Waals surface area contributed by atoms with Gasteiger partial charge in [0.2, 0.25) is 17.0 Å². The molecular formula is C24H15F5O5. The summed E-state index contributed by atoms with van der Waals surface area (Å²) in [5.41, 5.74) is -1.56. The highest BCUT2D eigenvalue weighted by atomic mass is 19.2. The number of fused-ring (bicyclic) bond motifs is 1. The molecule has 0 amide bonds. The Balaban J connectivity index is 1.63. The van der Waals surface area contributed by atoms with E-state index in [0.717, 1.165) is 0 Å². The largest absolute Gasteiger partial charge is 0.497 e. The van der Waals surface area contributed by atoms with E-state index in [0.29, 0.717) is 11.5 Å². The Morgan fingerprint density at radius 1 is 0.824 bits per heavy atom. The molecular weight excluding hydrogens is 463 g/mol. The summed E-state index contributed by atoms with van der Waals surface area (Å²) in [6.07, 6.45) is 0. The van der Waals surface area contributed by atoms with Gasteiger partial charge in [0.1, 0.15) is 35.2 Å². The van der Waals surface area contributed by atoms with E-state index in [9.17, 15) is 26.7 Å². The van der Waals surface area contributed by atoms with Gasteiger partial charge in [-0.2, -0.15) is 0 Å². The van der Waals surface area contributed by atoms with Crippen molar-refractivity contribution in [3.05, 3.63) is 93.1 Å². The molecule has 0 saturated heterocycles. The second-order valence-electron chi connectivity index (χ2n) is 7.09. The van der Waals surface area contributed by atoms with Gasteiger partial charge in [0, 0.05) is 12.1 Å². The number of hydrogen-bond acceptors (Lipinski definition) is 5. The summed E-state index contributed by atoms with van der Waals surface area (Å²) in [5.74, 6) is -9.45. The Hall–Kier alpha value is -4.08. The molecule has 3 aromatic carbocycles. The van der Waals surface area contributed by atoms with Crippen molar-refractivity contribution in [3.8, 4) is 23.0 Å². The van der Waals surface area contributed by atoms with Gasteiger partial charge < -0.3 is 18.6 Å². The number of halogens is 5. The summed E-state index contributed by atoms with van der Waals surface area (Å²) < 4.78 is 89.3. The SMILES string of the molecule is COc1cccc(Oc2c(C)oc3cc(OCc4c(F)c(F)c(F)c(F)c4F)ccc3c2=O)c1. The zero-order valence-electron chi connectivity index (χ0n) is 17.7. The third-order valence-electron chi connectivity index (χ3n) is 4.93. The molecule has 0 atom stereocenters. The first kappa shape index (κ1) is 23.1. The average molecular weight is 478 g/mol. The van der Waals surface area contributed by atoms with Crippen LogP contribution in [0.2, 0.25) is 0 Å². The Morgan fingerprint density at radius 2 is 1.47 bits per heavy atom. The Kier molecular flexibility index (Phi) is 6.14. The fourth-order valence-corrected chi connectivity index (χ4v) is 3.19. The van der Waals surface area contributed by atoms with Crippen LogP contribution in [0.3, 0.4) is 0 Å². The molecule has 34 heavy (non-hydrogen) atoms. The molecule has 0 radical (unpaired) electrons. The van der Waals surface area contributed by atoms with E-state index in [1.165, 1.54) is 32.2 Å². The molecule has 176 valence electrons. The minimum absolute atomic E-state index is 0.0274. The fraction of sp³-hybridized carbons (Fsp3) is 0.125. The van der Waals surface area contributed by atoms with E-state index in [4.69, 9.17) is 18.6 Å². The van der Waals surface area contributed by atoms with Crippen molar-refractivity contribution < 1.29 is 40.6 Å². The van der Waals surface area contributed by atoms with Crippen LogP contribution in [-0.4, -0.2) is 7.11 Å². The molecule has 0 aliphatic carbocycles. The lowest BCUT2D eigenvalue weighted by Gasteiger charge is -2.12. The number of methoxy groups -OCH3 is 1. The van der Waals surface area contributed by atoms with Crippen LogP contribution in [-0.2, 0) is 6.61 Å². The van der Waals surface area contributed by atoms with E-state index in [1.807, 2.05) is 0 Å². The summed E-state index contributed by atoms with van der Waals surface area (Å²) >= 11 is 0. The number of ether oxygens (including phenoxy) is 3. The smallest absolute Gasteiger partial charge is 0.235 e. The van der Waals surface area contributed by atoms with Crippen LogP contribution in [0.15, 0.2) is 51.7 Å². The van der Waals surface area contributed by atoms with Gasteiger partial charge >= 0.3 is 0 Å². The number of aryl methyl sites for hydroxylation is 1. The first-order chi connectivity index (χ1) is 16.2. The lowest BCUT2D eigenvalue weighted by Crippen LogP contribution is -2.10. The van der Waals surface area contributed by atoms with Crippen molar-refractivity contribution in [2.24, 2.45) is 0 Å². The minimum atomic E-state index is -2.26. The summed E-state index contributed by atoms with van der Waals surface area (Å²) in [6.45, 7) is 0.552. The van der Waals surface area contributed by atoms with E-state index in [1.54, 1.807) is 24.3 Å². The van der Waals surface area contributed by atoms with Crippen molar-refractivity contribution in [2.45, 2.75) is 13.5 Å². The lowest BCUT2D eigenvalue weighted by atomic mass is 10.1. The van der Waals surface area contributed by atoms with Gasteiger partial charge in [-0.25, -0.2) is 22.0 Å². The topological polar surface area (TPSA) is 57.9 Å². The highest BCUT2D eigenvalue weighted by Crippen LogP contribution is 2.30. The van der Waals surface area contributed by atoms with Crippen molar-refractivity contribution in [3.63, 3.8) is 0 Å². The second kappa shape index (κ2) is 9.05. The molecule has 0 unspecified atom stereocenters. The van der Waals surface area contributed by atoms with Crippen LogP contribution >= 0.6 is 0 Å². The molecule has 4 aromatic rings. The molecule has 10 heteroatoms. The first-order valence-corrected chi connectivity index (χ1v) is 9.73. The average Bonchev–Trinajstić information content (AvgIpc) is 2.84. The van der Waals surface area contributed by atoms with Crippen molar-refractivity contribution in [1.29, 1.82) is 0 Å².